The van der Waals surface area contributed by atoms with Gasteiger partial charge < -0.3 is 9.26 Å². The minimum Gasteiger partial charge on any atom is -0.444 e. The molecule has 1 atom stereocenters. The zero-order valence-electron chi connectivity index (χ0n) is 15.5. The maximum absolute atomic E-state index is 12.4. The van der Waals surface area contributed by atoms with Crippen molar-refractivity contribution in [2.45, 2.75) is 51.7 Å². The molecule has 0 spiro atoms. The van der Waals surface area contributed by atoms with Crippen LogP contribution in [0.2, 0.25) is 0 Å². The smallest absolute Gasteiger partial charge is 0.411 e. The lowest BCUT2D eigenvalue weighted by molar-refractivity contribution is 0.0218. The van der Waals surface area contributed by atoms with Crippen LogP contribution in [0.4, 0.5) is 4.79 Å². The average Bonchev–Trinajstić information content (AvgIpc) is 3.23. The van der Waals surface area contributed by atoms with Gasteiger partial charge in [-0.3, -0.25) is 4.90 Å². The Labute approximate surface area is 153 Å². The van der Waals surface area contributed by atoms with Crippen LogP contribution in [0.5, 0.6) is 0 Å². The van der Waals surface area contributed by atoms with E-state index in [1.807, 2.05) is 51.1 Å². The van der Waals surface area contributed by atoms with Gasteiger partial charge in [-0.2, -0.15) is 4.98 Å². The van der Waals surface area contributed by atoms with Crippen LogP contribution in [0.15, 0.2) is 47.0 Å². The van der Waals surface area contributed by atoms with E-state index in [-0.39, 0.29) is 12.1 Å². The maximum atomic E-state index is 12.4. The first-order chi connectivity index (χ1) is 12.4. The van der Waals surface area contributed by atoms with Crippen molar-refractivity contribution < 1.29 is 14.1 Å². The third-order valence-electron chi connectivity index (χ3n) is 4.03. The van der Waals surface area contributed by atoms with Crippen LogP contribution in [0, 0.1) is 0 Å². The van der Waals surface area contributed by atoms with E-state index >= 15 is 0 Å². The van der Waals surface area contributed by atoms with Gasteiger partial charge >= 0.3 is 6.09 Å². The summed E-state index contributed by atoms with van der Waals surface area (Å²) in [6.07, 6.45) is 6.08. The summed E-state index contributed by atoms with van der Waals surface area (Å²) in [4.78, 5) is 18.4. The molecule has 0 unspecified atom stereocenters. The fraction of sp³-hybridized carbons (Fsp3) is 0.450. The average molecular weight is 355 g/mol. The van der Waals surface area contributed by atoms with Gasteiger partial charge in [-0.15, -0.1) is 0 Å². The zero-order chi connectivity index (χ0) is 18.6. The second-order valence-electron chi connectivity index (χ2n) is 7.39. The molecule has 0 saturated heterocycles. The van der Waals surface area contributed by atoms with E-state index in [0.717, 1.165) is 19.3 Å². The fourth-order valence-corrected chi connectivity index (χ4v) is 2.83. The highest BCUT2D eigenvalue weighted by molar-refractivity contribution is 5.70. The lowest BCUT2D eigenvalue weighted by Gasteiger charge is -2.26. The molecule has 1 aliphatic heterocycles. The van der Waals surface area contributed by atoms with Crippen LogP contribution < -0.4 is 0 Å². The molecule has 0 aliphatic carbocycles. The molecule has 2 aromatic rings. The van der Waals surface area contributed by atoms with Crippen LogP contribution in [-0.4, -0.2) is 33.3 Å². The number of aromatic nitrogens is 2. The lowest BCUT2D eigenvalue weighted by Crippen LogP contribution is -2.36. The van der Waals surface area contributed by atoms with Gasteiger partial charge in [0.15, 0.2) is 5.82 Å². The molecule has 2 heterocycles. The predicted molar refractivity (Wildman–Crippen MR) is 97.6 cm³/mol. The van der Waals surface area contributed by atoms with E-state index < -0.39 is 5.60 Å². The Morgan fingerprint density at radius 1 is 1.27 bits per heavy atom. The summed E-state index contributed by atoms with van der Waals surface area (Å²) in [5.74, 6) is 1.10. The van der Waals surface area contributed by atoms with Gasteiger partial charge in [-0.05, 0) is 39.2 Å². The molecule has 0 fully saturated rings. The Bertz CT molecular complexity index is 762. The van der Waals surface area contributed by atoms with Crippen molar-refractivity contribution in [2.24, 2.45) is 0 Å². The lowest BCUT2D eigenvalue weighted by atomic mass is 10.1. The molecule has 6 nitrogen and oxygen atoms in total. The molecule has 1 aromatic heterocycles. The third kappa shape index (κ3) is 4.71. The fourth-order valence-electron chi connectivity index (χ4n) is 2.83. The van der Waals surface area contributed by atoms with E-state index in [0.29, 0.717) is 18.3 Å². The van der Waals surface area contributed by atoms with Gasteiger partial charge in [0.2, 0.25) is 0 Å². The molecular weight excluding hydrogens is 330 g/mol. The van der Waals surface area contributed by atoms with E-state index in [1.54, 1.807) is 4.90 Å². The summed E-state index contributed by atoms with van der Waals surface area (Å²) >= 11 is 0. The number of carbonyl (C=O) groups excluding carboxylic acids is 1. The van der Waals surface area contributed by atoms with Crippen molar-refractivity contribution in [1.29, 1.82) is 0 Å². The Morgan fingerprint density at radius 2 is 2.04 bits per heavy atom. The van der Waals surface area contributed by atoms with Crippen LogP contribution in [0.25, 0.3) is 0 Å². The number of nitrogens with zero attached hydrogens (tertiary/aromatic N) is 3. The molecular formula is C20H25N3O3. The van der Waals surface area contributed by atoms with Crippen molar-refractivity contribution in [3.63, 3.8) is 0 Å². The maximum Gasteiger partial charge on any atom is 0.411 e. The minimum atomic E-state index is -0.540. The van der Waals surface area contributed by atoms with Gasteiger partial charge in [0.1, 0.15) is 11.6 Å². The summed E-state index contributed by atoms with van der Waals surface area (Å²) in [6, 6.07) is 9.97. The summed E-state index contributed by atoms with van der Waals surface area (Å²) in [7, 11) is 0. The monoisotopic (exact) mass is 355 g/mol. The number of amides is 1. The Hall–Kier alpha value is -2.63. The first-order valence-electron chi connectivity index (χ1n) is 8.95. The second kappa shape index (κ2) is 7.72. The van der Waals surface area contributed by atoms with E-state index in [1.165, 1.54) is 5.56 Å². The van der Waals surface area contributed by atoms with Crippen molar-refractivity contribution >= 4 is 6.09 Å². The first kappa shape index (κ1) is 18.2. The van der Waals surface area contributed by atoms with Gasteiger partial charge in [0.05, 0.1) is 0 Å². The first-order valence-corrected chi connectivity index (χ1v) is 8.95. The van der Waals surface area contributed by atoms with E-state index in [2.05, 4.69) is 22.3 Å². The van der Waals surface area contributed by atoms with Crippen LogP contribution >= 0.6 is 0 Å². The molecule has 0 bridgehead atoms. The molecule has 138 valence electrons. The van der Waals surface area contributed by atoms with Crippen molar-refractivity contribution in [2.75, 3.05) is 6.54 Å². The summed E-state index contributed by atoms with van der Waals surface area (Å²) in [6.45, 7) is 6.02. The van der Waals surface area contributed by atoms with Crippen molar-refractivity contribution in [3.05, 3.63) is 59.8 Å². The number of aryl methyl sites for hydroxylation is 2. The molecule has 0 saturated carbocycles. The summed E-state index contributed by atoms with van der Waals surface area (Å²) in [5, 5.41) is 4.06. The highest BCUT2D eigenvalue weighted by atomic mass is 16.6. The molecule has 3 rings (SSSR count). The number of rotatable bonds is 5. The Kier molecular flexibility index (Phi) is 5.40. The van der Waals surface area contributed by atoms with Gasteiger partial charge in [0.25, 0.3) is 5.89 Å². The van der Waals surface area contributed by atoms with Crippen LogP contribution in [0.3, 0.4) is 0 Å². The standard InChI is InChI=1S/C20H25N3O3/c1-20(2,3)25-19(24)23-14-8-12-16(23)18-21-17(22-26-18)13-7-11-15-9-5-4-6-10-15/h4-6,8-10,12,16H,7,11,13-14H2,1-3H3/t16-/m0/s1. The largest absolute Gasteiger partial charge is 0.444 e. The van der Waals surface area contributed by atoms with E-state index in [9.17, 15) is 4.79 Å². The SMILES string of the molecule is CC(C)(C)OC(=O)N1CC=C[C@H]1c1nc(CCCc2ccccc2)no1. The van der Waals surface area contributed by atoms with Gasteiger partial charge in [0, 0.05) is 13.0 Å². The van der Waals surface area contributed by atoms with Crippen LogP contribution in [0.1, 0.15) is 50.5 Å². The van der Waals surface area contributed by atoms with Crippen molar-refractivity contribution in [1.82, 2.24) is 15.0 Å². The van der Waals surface area contributed by atoms with E-state index in [4.69, 9.17) is 9.26 Å². The molecule has 1 aromatic carbocycles. The van der Waals surface area contributed by atoms with Gasteiger partial charge in [-0.25, -0.2) is 4.79 Å². The Morgan fingerprint density at radius 3 is 2.77 bits per heavy atom. The van der Waals surface area contributed by atoms with Crippen LogP contribution in [-0.2, 0) is 17.6 Å². The molecule has 1 aliphatic rings. The third-order valence-corrected chi connectivity index (χ3v) is 4.03. The predicted octanol–water partition coefficient (Wildman–Crippen LogP) is 4.09. The minimum absolute atomic E-state index is 0.361. The Balaban J connectivity index is 1.58. The number of ether oxygens (including phenoxy) is 1. The number of carbonyl (C=O) groups is 1. The summed E-state index contributed by atoms with van der Waals surface area (Å²) in [5.41, 5.74) is 0.757. The topological polar surface area (TPSA) is 68.5 Å². The molecule has 6 heteroatoms. The molecule has 0 radical (unpaired) electrons. The van der Waals surface area contributed by atoms with Gasteiger partial charge in [-0.1, -0.05) is 47.6 Å². The quantitative estimate of drug-likeness (QED) is 0.756. The normalized spacial score (nSPS) is 16.9. The zero-order valence-corrected chi connectivity index (χ0v) is 15.5. The molecule has 0 N–H and O–H groups in total. The van der Waals surface area contributed by atoms with Crippen molar-refractivity contribution in [3.8, 4) is 0 Å². The molecule has 1 amide bonds. The second-order valence-corrected chi connectivity index (χ2v) is 7.39. The summed E-state index contributed by atoms with van der Waals surface area (Å²) < 4.78 is 10.9. The highest BCUT2D eigenvalue weighted by Crippen LogP contribution is 2.27. The highest BCUT2D eigenvalue weighted by Gasteiger charge is 2.33. The number of hydrogen-bond acceptors (Lipinski definition) is 5. The number of benzene rings is 1. The molecule has 26 heavy (non-hydrogen) atoms. The number of hydrogen-bond donors (Lipinski definition) is 0.